The van der Waals surface area contributed by atoms with E-state index in [-0.39, 0.29) is 5.92 Å². The minimum atomic E-state index is 0.131. The molecule has 5 heteroatoms. The van der Waals surface area contributed by atoms with E-state index in [0.29, 0.717) is 23.2 Å². The molecule has 0 unspecified atom stereocenters. The maximum Gasteiger partial charge on any atom is 0.225 e. The molecule has 3 heterocycles. The molecule has 0 atom stereocenters. The smallest absolute Gasteiger partial charge is 0.225 e. The van der Waals surface area contributed by atoms with Crippen molar-refractivity contribution in [1.82, 2.24) is 19.8 Å². The first-order valence-corrected chi connectivity index (χ1v) is 11.7. The van der Waals surface area contributed by atoms with Gasteiger partial charge in [-0.2, -0.15) is 0 Å². The lowest BCUT2D eigenvalue weighted by molar-refractivity contribution is -0.139. The van der Waals surface area contributed by atoms with E-state index < -0.39 is 0 Å². The van der Waals surface area contributed by atoms with Gasteiger partial charge in [0.25, 0.3) is 0 Å². The summed E-state index contributed by atoms with van der Waals surface area (Å²) in [6.07, 6.45) is 11.7. The minimum absolute atomic E-state index is 0.131. The Bertz CT molecular complexity index is 690. The van der Waals surface area contributed by atoms with Crippen LogP contribution in [0.1, 0.15) is 89.4 Å². The summed E-state index contributed by atoms with van der Waals surface area (Å²) in [7, 11) is 0. The van der Waals surface area contributed by atoms with Gasteiger partial charge in [-0.05, 0) is 68.5 Å². The van der Waals surface area contributed by atoms with Gasteiger partial charge in [0.05, 0.1) is 0 Å². The predicted molar refractivity (Wildman–Crippen MR) is 116 cm³/mol. The number of carbonyl (C=O) groups is 1. The number of piperidine rings is 2. The average Bonchev–Trinajstić information content (AvgIpc) is 2.72. The fourth-order valence-electron chi connectivity index (χ4n) is 5.63. The van der Waals surface area contributed by atoms with Crippen LogP contribution < -0.4 is 0 Å². The molecule has 1 aromatic heterocycles. The highest BCUT2D eigenvalue weighted by molar-refractivity contribution is 5.78. The Morgan fingerprint density at radius 3 is 2.10 bits per heavy atom. The Morgan fingerprint density at radius 1 is 1.00 bits per heavy atom. The second kappa shape index (κ2) is 8.33. The van der Waals surface area contributed by atoms with Gasteiger partial charge >= 0.3 is 0 Å². The minimum Gasteiger partial charge on any atom is -0.342 e. The molecule has 1 saturated carbocycles. The zero-order chi connectivity index (χ0) is 20.6. The zero-order valence-electron chi connectivity index (χ0n) is 18.7. The molecule has 0 radical (unpaired) electrons. The largest absolute Gasteiger partial charge is 0.342 e. The highest BCUT2D eigenvalue weighted by atomic mass is 16.2. The first-order chi connectivity index (χ1) is 13.9. The van der Waals surface area contributed by atoms with E-state index in [1.54, 1.807) is 0 Å². The summed E-state index contributed by atoms with van der Waals surface area (Å²) in [5.74, 6) is 2.43. The first kappa shape index (κ1) is 20.8. The van der Waals surface area contributed by atoms with Crippen molar-refractivity contribution >= 4 is 5.91 Å². The van der Waals surface area contributed by atoms with Gasteiger partial charge in [-0.3, -0.25) is 4.79 Å². The summed E-state index contributed by atoms with van der Waals surface area (Å²) in [5.41, 5.74) is 1.84. The second-order valence-corrected chi connectivity index (χ2v) is 10.4. The van der Waals surface area contributed by atoms with Gasteiger partial charge < -0.3 is 9.80 Å². The Kier molecular flexibility index (Phi) is 5.97. The number of rotatable bonds is 4. The monoisotopic (exact) mass is 398 g/mol. The maximum absolute atomic E-state index is 12.2. The lowest BCUT2D eigenvalue weighted by Gasteiger charge is -2.56. The van der Waals surface area contributed by atoms with Gasteiger partial charge in [0.2, 0.25) is 5.91 Å². The Balaban J connectivity index is 1.23. The number of likely N-dealkylation sites (tertiary alicyclic amines) is 2. The van der Waals surface area contributed by atoms with Crippen LogP contribution in [-0.4, -0.2) is 57.9 Å². The molecule has 4 rings (SSSR count). The van der Waals surface area contributed by atoms with Crippen molar-refractivity contribution < 1.29 is 4.79 Å². The van der Waals surface area contributed by atoms with Crippen molar-refractivity contribution in [3.05, 3.63) is 23.8 Å². The van der Waals surface area contributed by atoms with Crippen LogP contribution in [0.3, 0.4) is 0 Å². The fraction of sp³-hybridized carbons (Fsp3) is 0.792. The van der Waals surface area contributed by atoms with Crippen LogP contribution in [0.2, 0.25) is 0 Å². The lowest BCUT2D eigenvalue weighted by atomic mass is 9.59. The second-order valence-electron chi connectivity index (χ2n) is 10.4. The molecule has 0 bridgehead atoms. The molecular weight excluding hydrogens is 360 g/mol. The quantitative estimate of drug-likeness (QED) is 0.762. The molecule has 29 heavy (non-hydrogen) atoms. The van der Waals surface area contributed by atoms with Crippen LogP contribution in [0.4, 0.5) is 0 Å². The molecule has 1 spiro atoms. The normalized spacial score (nSPS) is 23.7. The van der Waals surface area contributed by atoms with Gasteiger partial charge in [-0.25, -0.2) is 9.97 Å². The van der Waals surface area contributed by atoms with Gasteiger partial charge in [0.1, 0.15) is 5.82 Å². The molecule has 1 amide bonds. The van der Waals surface area contributed by atoms with Crippen molar-refractivity contribution in [3.63, 3.8) is 0 Å². The SMILES string of the molecule is CC(C)C(=O)N1CCC2(CC1)CC(N1CCC(c3cnc(C(C)C)nc3)CC1)C2. The van der Waals surface area contributed by atoms with E-state index in [1.165, 1.54) is 57.2 Å². The molecule has 3 aliphatic rings. The summed E-state index contributed by atoms with van der Waals surface area (Å²) in [6.45, 7) is 12.7. The summed E-state index contributed by atoms with van der Waals surface area (Å²) in [4.78, 5) is 26.2. The maximum atomic E-state index is 12.2. The third kappa shape index (κ3) is 4.35. The number of nitrogens with zero attached hydrogens (tertiary/aromatic N) is 4. The standard InChI is InChI=1S/C24H38N4O/c1-17(2)22-25-15-20(16-26-22)19-5-9-27(10-6-19)21-13-24(14-21)7-11-28(12-8-24)23(29)18(3)4/h15-19,21H,5-14H2,1-4H3. The van der Waals surface area contributed by atoms with Gasteiger partial charge in [0, 0.05) is 43.4 Å². The van der Waals surface area contributed by atoms with Crippen molar-refractivity contribution in [3.8, 4) is 0 Å². The van der Waals surface area contributed by atoms with E-state index >= 15 is 0 Å². The van der Waals surface area contributed by atoms with E-state index in [2.05, 4.69) is 46.0 Å². The Labute approximate surface area is 176 Å². The summed E-state index contributed by atoms with van der Waals surface area (Å²) < 4.78 is 0. The zero-order valence-corrected chi connectivity index (χ0v) is 18.7. The molecule has 1 aliphatic carbocycles. The Hall–Kier alpha value is -1.49. The third-order valence-corrected chi connectivity index (χ3v) is 7.69. The van der Waals surface area contributed by atoms with Crippen LogP contribution in [-0.2, 0) is 4.79 Å². The van der Waals surface area contributed by atoms with Crippen molar-refractivity contribution in [2.45, 2.75) is 84.1 Å². The molecule has 2 saturated heterocycles. The van der Waals surface area contributed by atoms with Crippen LogP contribution in [0.5, 0.6) is 0 Å². The first-order valence-electron chi connectivity index (χ1n) is 11.7. The molecule has 2 aliphatic heterocycles. The highest BCUT2D eigenvalue weighted by Crippen LogP contribution is 2.51. The van der Waals surface area contributed by atoms with E-state index in [9.17, 15) is 4.79 Å². The number of amides is 1. The van der Waals surface area contributed by atoms with Crippen LogP contribution in [0.15, 0.2) is 12.4 Å². The van der Waals surface area contributed by atoms with Crippen molar-refractivity contribution in [1.29, 1.82) is 0 Å². The van der Waals surface area contributed by atoms with E-state index in [1.807, 2.05) is 13.8 Å². The average molecular weight is 399 g/mol. The molecule has 5 nitrogen and oxygen atoms in total. The van der Waals surface area contributed by atoms with Gasteiger partial charge in [0.15, 0.2) is 0 Å². The van der Waals surface area contributed by atoms with Crippen molar-refractivity contribution in [2.75, 3.05) is 26.2 Å². The molecule has 0 N–H and O–H groups in total. The Morgan fingerprint density at radius 2 is 1.59 bits per heavy atom. The van der Waals surface area contributed by atoms with Crippen molar-refractivity contribution in [2.24, 2.45) is 11.3 Å². The topological polar surface area (TPSA) is 49.3 Å². The summed E-state index contributed by atoms with van der Waals surface area (Å²) >= 11 is 0. The van der Waals surface area contributed by atoms with Crippen LogP contribution in [0.25, 0.3) is 0 Å². The molecule has 1 aromatic rings. The summed E-state index contributed by atoms with van der Waals surface area (Å²) in [5, 5.41) is 0. The number of hydrogen-bond acceptors (Lipinski definition) is 4. The number of carbonyl (C=O) groups excluding carboxylic acids is 1. The van der Waals surface area contributed by atoms with Crippen LogP contribution >= 0.6 is 0 Å². The molecule has 160 valence electrons. The predicted octanol–water partition coefficient (Wildman–Crippen LogP) is 4.21. The summed E-state index contributed by atoms with van der Waals surface area (Å²) in [6, 6.07) is 0.767. The molecule has 3 fully saturated rings. The number of aromatic nitrogens is 2. The van der Waals surface area contributed by atoms with Crippen LogP contribution in [0, 0.1) is 11.3 Å². The number of hydrogen-bond donors (Lipinski definition) is 0. The van der Waals surface area contributed by atoms with E-state index in [4.69, 9.17) is 0 Å². The van der Waals surface area contributed by atoms with E-state index in [0.717, 1.165) is 25.0 Å². The lowest BCUT2D eigenvalue weighted by Crippen LogP contribution is -2.57. The van der Waals surface area contributed by atoms with Gasteiger partial charge in [-0.1, -0.05) is 27.7 Å². The van der Waals surface area contributed by atoms with Gasteiger partial charge in [-0.15, -0.1) is 0 Å². The molecule has 0 aromatic carbocycles. The third-order valence-electron chi connectivity index (χ3n) is 7.69. The highest BCUT2D eigenvalue weighted by Gasteiger charge is 2.48. The fourth-order valence-corrected chi connectivity index (χ4v) is 5.63. The molecular formula is C24H38N4O.